The molecular weight excluding hydrogens is 571 g/mol. The van der Waals surface area contributed by atoms with Crippen molar-refractivity contribution in [2.24, 2.45) is 0 Å². The summed E-state index contributed by atoms with van der Waals surface area (Å²) in [7, 11) is -3.06. The normalized spacial score (nSPS) is 12.0. The number of benzene rings is 3. The standard InChI is InChI=1S/C32H31FN4O5S/c1-4-6-11-28-36-31(39)29(32(40)37(28)27(5-2)21-12-13-22(19-34)26(33)18-21)43(41,42)23-16-14-20(15-17-23)24-9-7-8-10-25(24)30(38)35-3/h7-10,12-18,27,40H,4-6,11H2,1-3H3,(H,35,38). The first kappa shape index (κ1) is 31.1. The Balaban J connectivity index is 1.86. The van der Waals surface area contributed by atoms with Gasteiger partial charge in [-0.25, -0.2) is 12.8 Å². The van der Waals surface area contributed by atoms with Gasteiger partial charge >= 0.3 is 0 Å². The number of carbonyl (C=O) groups is 1. The lowest BCUT2D eigenvalue weighted by Gasteiger charge is -2.25. The van der Waals surface area contributed by atoms with Crippen molar-refractivity contribution < 1.29 is 22.7 Å². The molecule has 0 saturated heterocycles. The third kappa shape index (κ3) is 6.05. The van der Waals surface area contributed by atoms with Gasteiger partial charge in [-0.15, -0.1) is 0 Å². The van der Waals surface area contributed by atoms with E-state index in [-0.39, 0.29) is 28.6 Å². The van der Waals surface area contributed by atoms with E-state index < -0.39 is 38.0 Å². The van der Waals surface area contributed by atoms with Crippen molar-refractivity contribution in [3.8, 4) is 23.1 Å². The van der Waals surface area contributed by atoms with Crippen LogP contribution in [0.3, 0.4) is 0 Å². The van der Waals surface area contributed by atoms with Crippen LogP contribution in [0.1, 0.15) is 66.5 Å². The molecule has 0 aliphatic rings. The lowest BCUT2D eigenvalue weighted by atomic mass is 9.99. The number of rotatable bonds is 10. The molecule has 1 amide bonds. The second-order valence-corrected chi connectivity index (χ2v) is 11.8. The van der Waals surface area contributed by atoms with Gasteiger partial charge in [-0.3, -0.25) is 14.2 Å². The van der Waals surface area contributed by atoms with Gasteiger partial charge in [-0.05, 0) is 59.9 Å². The van der Waals surface area contributed by atoms with Crippen LogP contribution in [0.4, 0.5) is 4.39 Å². The van der Waals surface area contributed by atoms with E-state index in [9.17, 15) is 27.5 Å². The Labute approximate surface area is 249 Å². The maximum Gasteiger partial charge on any atom is 0.296 e. The monoisotopic (exact) mass is 602 g/mol. The number of hydrogen-bond acceptors (Lipinski definition) is 7. The summed E-state index contributed by atoms with van der Waals surface area (Å²) in [4.78, 5) is 28.5. The number of hydrogen-bond donors (Lipinski definition) is 2. The van der Waals surface area contributed by atoms with Crippen LogP contribution >= 0.6 is 0 Å². The maximum atomic E-state index is 14.6. The van der Waals surface area contributed by atoms with Crippen molar-refractivity contribution in [3.05, 3.63) is 105 Å². The average molecular weight is 603 g/mol. The van der Waals surface area contributed by atoms with E-state index in [1.165, 1.54) is 48.0 Å². The molecular formula is C32H31FN4O5S. The molecule has 0 fully saturated rings. The second-order valence-electron chi connectivity index (χ2n) is 9.89. The van der Waals surface area contributed by atoms with Crippen LogP contribution < -0.4 is 10.9 Å². The number of unbranched alkanes of at least 4 members (excludes halogenated alkanes) is 1. The fraction of sp³-hybridized carbons (Fsp3) is 0.250. The Morgan fingerprint density at radius 3 is 2.42 bits per heavy atom. The number of nitrogens with zero attached hydrogens (tertiary/aromatic N) is 3. The van der Waals surface area contributed by atoms with Gasteiger partial charge in [0.25, 0.3) is 11.5 Å². The zero-order valence-corrected chi connectivity index (χ0v) is 24.8. The van der Waals surface area contributed by atoms with E-state index in [4.69, 9.17) is 5.26 Å². The molecule has 1 unspecified atom stereocenters. The molecule has 4 rings (SSSR count). The van der Waals surface area contributed by atoms with Gasteiger partial charge in [0.15, 0.2) is 4.90 Å². The molecule has 1 atom stereocenters. The van der Waals surface area contributed by atoms with Gasteiger partial charge in [0.1, 0.15) is 17.7 Å². The fourth-order valence-electron chi connectivity index (χ4n) is 5.02. The number of amides is 1. The van der Waals surface area contributed by atoms with Gasteiger partial charge in [0.2, 0.25) is 15.7 Å². The van der Waals surface area contributed by atoms with E-state index in [1.807, 2.05) is 6.92 Å². The molecule has 0 spiro atoms. The third-order valence-corrected chi connectivity index (χ3v) is 9.02. The summed E-state index contributed by atoms with van der Waals surface area (Å²) in [6.45, 7) is 3.70. The van der Waals surface area contributed by atoms with E-state index in [2.05, 4.69) is 10.3 Å². The van der Waals surface area contributed by atoms with Crippen LogP contribution in [-0.2, 0) is 16.3 Å². The lowest BCUT2D eigenvalue weighted by molar-refractivity contribution is 0.0963. The minimum atomic E-state index is -4.58. The highest BCUT2D eigenvalue weighted by molar-refractivity contribution is 7.91. The summed E-state index contributed by atoms with van der Waals surface area (Å²) in [6, 6.07) is 17.5. The molecule has 0 radical (unpaired) electrons. The van der Waals surface area contributed by atoms with Crippen LogP contribution in [0.5, 0.6) is 5.88 Å². The number of aryl methyl sites for hydroxylation is 1. The number of aromatic hydroxyl groups is 1. The number of carbonyl (C=O) groups excluding carboxylic acids is 1. The molecule has 3 aromatic carbocycles. The summed E-state index contributed by atoms with van der Waals surface area (Å²) in [6.07, 6.45) is 1.92. The minimum Gasteiger partial charge on any atom is -0.493 e. The summed E-state index contributed by atoms with van der Waals surface area (Å²) in [5.74, 6) is -1.69. The first-order valence-corrected chi connectivity index (χ1v) is 15.3. The van der Waals surface area contributed by atoms with E-state index in [1.54, 1.807) is 37.3 Å². The second kappa shape index (κ2) is 13.0. The van der Waals surface area contributed by atoms with Gasteiger partial charge < -0.3 is 10.4 Å². The van der Waals surface area contributed by atoms with Crippen molar-refractivity contribution in [3.63, 3.8) is 0 Å². The Bertz CT molecular complexity index is 1880. The van der Waals surface area contributed by atoms with Gasteiger partial charge in [-0.1, -0.05) is 56.7 Å². The molecule has 2 N–H and O–H groups in total. The molecule has 4 aromatic rings. The third-order valence-electron chi connectivity index (χ3n) is 7.23. The Morgan fingerprint density at radius 1 is 1.12 bits per heavy atom. The van der Waals surface area contributed by atoms with E-state index in [0.29, 0.717) is 35.1 Å². The van der Waals surface area contributed by atoms with Crippen LogP contribution in [0.2, 0.25) is 0 Å². The highest BCUT2D eigenvalue weighted by atomic mass is 32.2. The predicted octanol–water partition coefficient (Wildman–Crippen LogP) is 5.16. The Kier molecular flexibility index (Phi) is 9.41. The van der Waals surface area contributed by atoms with Crippen molar-refractivity contribution in [1.82, 2.24) is 14.9 Å². The summed E-state index contributed by atoms with van der Waals surface area (Å²) in [5, 5.41) is 23.2. The lowest BCUT2D eigenvalue weighted by Crippen LogP contribution is -2.27. The number of halogens is 1. The van der Waals surface area contributed by atoms with Crippen LogP contribution in [0.15, 0.2) is 81.3 Å². The van der Waals surface area contributed by atoms with E-state index >= 15 is 0 Å². The average Bonchev–Trinajstić information content (AvgIpc) is 3.01. The van der Waals surface area contributed by atoms with Crippen LogP contribution in [0.25, 0.3) is 11.1 Å². The minimum absolute atomic E-state index is 0.156. The number of sulfone groups is 1. The van der Waals surface area contributed by atoms with Crippen LogP contribution in [-0.4, -0.2) is 36.0 Å². The highest BCUT2D eigenvalue weighted by Gasteiger charge is 2.32. The number of nitriles is 1. The Morgan fingerprint density at radius 2 is 1.81 bits per heavy atom. The van der Waals surface area contributed by atoms with Gasteiger partial charge in [0, 0.05) is 19.0 Å². The van der Waals surface area contributed by atoms with Crippen molar-refractivity contribution in [1.29, 1.82) is 5.26 Å². The topological polar surface area (TPSA) is 142 Å². The smallest absolute Gasteiger partial charge is 0.296 e. The molecule has 9 nitrogen and oxygen atoms in total. The molecule has 0 bridgehead atoms. The Hall–Kier alpha value is -4.82. The number of nitrogens with one attached hydrogen (secondary N) is 1. The summed E-state index contributed by atoms with van der Waals surface area (Å²) in [5.41, 5.74) is 0.671. The van der Waals surface area contributed by atoms with Crippen molar-refractivity contribution >= 4 is 15.7 Å². The van der Waals surface area contributed by atoms with E-state index in [0.717, 1.165) is 12.5 Å². The van der Waals surface area contributed by atoms with Crippen molar-refractivity contribution in [2.45, 2.75) is 55.4 Å². The highest BCUT2D eigenvalue weighted by Crippen LogP contribution is 2.34. The summed E-state index contributed by atoms with van der Waals surface area (Å²) < 4.78 is 43.5. The summed E-state index contributed by atoms with van der Waals surface area (Å²) >= 11 is 0. The fourth-order valence-corrected chi connectivity index (χ4v) is 6.36. The molecule has 43 heavy (non-hydrogen) atoms. The van der Waals surface area contributed by atoms with Crippen molar-refractivity contribution in [2.75, 3.05) is 7.05 Å². The first-order valence-electron chi connectivity index (χ1n) is 13.8. The van der Waals surface area contributed by atoms with Crippen LogP contribution in [0, 0.1) is 17.1 Å². The number of aromatic nitrogens is 2. The maximum absolute atomic E-state index is 14.6. The SMILES string of the molecule is CCCCc1nc(=O)c(S(=O)(=O)c2ccc(-c3ccccc3C(=O)NC)cc2)c(O)n1C(CC)c1ccc(C#N)c(F)c1. The largest absolute Gasteiger partial charge is 0.493 e. The molecule has 222 valence electrons. The van der Waals surface area contributed by atoms with Gasteiger partial charge in [-0.2, -0.15) is 10.2 Å². The molecule has 1 heterocycles. The van der Waals surface area contributed by atoms with Gasteiger partial charge in [0.05, 0.1) is 16.5 Å². The quantitative estimate of drug-likeness (QED) is 0.255. The molecule has 0 saturated carbocycles. The zero-order valence-electron chi connectivity index (χ0n) is 24.0. The zero-order chi connectivity index (χ0) is 31.3. The molecule has 0 aliphatic heterocycles. The molecule has 0 aliphatic carbocycles. The molecule has 11 heteroatoms. The predicted molar refractivity (Wildman–Crippen MR) is 159 cm³/mol. The first-order chi connectivity index (χ1) is 20.6. The molecule has 1 aromatic heterocycles.